The Labute approximate surface area is 310 Å². The van der Waals surface area contributed by atoms with Crippen LogP contribution in [0.4, 0.5) is 0 Å². The molecule has 4 saturated carbocycles. The summed E-state index contributed by atoms with van der Waals surface area (Å²) < 4.78 is 6.06. The van der Waals surface area contributed by atoms with Crippen molar-refractivity contribution in [3.63, 3.8) is 0 Å². The third kappa shape index (κ3) is 6.23. The number of carbonyl (C=O) groups excluding carboxylic acids is 2. The number of carbonyl (C=O) groups is 3. The second-order valence-corrected chi connectivity index (χ2v) is 19.4. The summed E-state index contributed by atoms with van der Waals surface area (Å²) in [5.41, 5.74) is 1.83. The number of rotatable bonds is 10. The summed E-state index contributed by atoms with van der Waals surface area (Å²) >= 11 is 6.23. The van der Waals surface area contributed by atoms with Crippen molar-refractivity contribution in [2.75, 3.05) is 6.54 Å². The van der Waals surface area contributed by atoms with Gasteiger partial charge < -0.3 is 20.3 Å². The van der Waals surface area contributed by atoms with E-state index in [9.17, 15) is 24.6 Å². The van der Waals surface area contributed by atoms with Crippen LogP contribution in [0, 0.1) is 56.7 Å². The molecule has 0 aromatic heterocycles. The standard InChI is InChI=1S/C43H62ClNO6/c1-25(2)36-31(46)21-43(34(47)24-45-23-27-10-9-11-28(44)20-27)19-18-41(7)30(37(36)43)12-13-33-40(6)16-15-32(26(3)29(40)14-17-42(33,41)8)51-35(48)22-39(4,5)38(49)50/h9-11,20,25-26,29-30,32-34,45,47H,12-19,21-24H2,1-8H3,(H,49,50)/t26?,29?,30?,32?,33?,34?,40?,41-,42?,43?/m1/s1. The SMILES string of the molecule is CC(C)C1=C2C3CCC4C5(C)CCC(OC(=O)CC(C)(C)C(=O)O)C(C)C5CCC4(C)[C@]3(C)CCC2(C(O)CNCc2cccc(Cl)c2)CC1=O. The van der Waals surface area contributed by atoms with Gasteiger partial charge in [0.2, 0.25) is 0 Å². The van der Waals surface area contributed by atoms with Crippen molar-refractivity contribution < 1.29 is 29.3 Å². The Morgan fingerprint density at radius 2 is 1.76 bits per heavy atom. The number of benzene rings is 1. The van der Waals surface area contributed by atoms with Crippen LogP contribution < -0.4 is 5.32 Å². The first-order chi connectivity index (χ1) is 23.8. The van der Waals surface area contributed by atoms with Gasteiger partial charge in [-0.05, 0) is 134 Å². The largest absolute Gasteiger partial charge is 0.481 e. The van der Waals surface area contributed by atoms with Crippen LogP contribution in [-0.2, 0) is 25.7 Å². The number of carboxylic acid groups (broad SMARTS) is 1. The van der Waals surface area contributed by atoms with E-state index in [1.807, 2.05) is 24.3 Å². The van der Waals surface area contributed by atoms with E-state index in [4.69, 9.17) is 16.3 Å². The number of esters is 1. The summed E-state index contributed by atoms with van der Waals surface area (Å²) in [6.07, 6.45) is 7.32. The zero-order valence-corrected chi connectivity index (χ0v) is 33.0. The number of allylic oxidation sites excluding steroid dienone is 1. The maximum Gasteiger partial charge on any atom is 0.309 e. The average molecular weight is 724 g/mol. The number of carboxylic acids is 1. The molecule has 1 aromatic carbocycles. The highest BCUT2D eigenvalue weighted by atomic mass is 35.5. The summed E-state index contributed by atoms with van der Waals surface area (Å²) in [6.45, 7) is 18.3. The van der Waals surface area contributed by atoms with Crippen molar-refractivity contribution in [3.05, 3.63) is 46.0 Å². The summed E-state index contributed by atoms with van der Waals surface area (Å²) in [7, 11) is 0. The lowest BCUT2D eigenvalue weighted by atomic mass is 9.34. The minimum Gasteiger partial charge on any atom is -0.481 e. The molecule has 4 fully saturated rings. The van der Waals surface area contributed by atoms with Crippen molar-refractivity contribution in [3.8, 4) is 0 Å². The van der Waals surface area contributed by atoms with Crippen molar-refractivity contribution in [2.45, 2.75) is 138 Å². The molecule has 5 aliphatic rings. The Kier molecular flexibility index (Phi) is 10.2. The lowest BCUT2D eigenvalue weighted by molar-refractivity contribution is -0.218. The highest BCUT2D eigenvalue weighted by Crippen LogP contribution is 2.76. The van der Waals surface area contributed by atoms with E-state index in [2.05, 4.69) is 46.9 Å². The summed E-state index contributed by atoms with van der Waals surface area (Å²) in [4.78, 5) is 38.6. The molecular formula is C43H62ClNO6. The minimum atomic E-state index is -1.15. The first-order valence-corrected chi connectivity index (χ1v) is 20.0. The number of ketones is 1. The Hall–Kier alpha value is -2.22. The molecule has 6 rings (SSSR count). The zero-order chi connectivity index (χ0) is 37.3. The van der Waals surface area contributed by atoms with E-state index in [1.54, 1.807) is 13.8 Å². The van der Waals surface area contributed by atoms with Gasteiger partial charge in [0.05, 0.1) is 17.9 Å². The normalized spacial score (nSPS) is 38.4. The molecule has 0 amide bonds. The van der Waals surface area contributed by atoms with E-state index in [0.29, 0.717) is 36.4 Å². The van der Waals surface area contributed by atoms with Crippen LogP contribution in [0.1, 0.15) is 125 Å². The van der Waals surface area contributed by atoms with E-state index < -0.39 is 28.9 Å². The Balaban J connectivity index is 1.24. The molecule has 0 bridgehead atoms. The minimum absolute atomic E-state index is 0.00358. The fourth-order valence-electron chi connectivity index (χ4n) is 12.7. The molecule has 51 heavy (non-hydrogen) atoms. The van der Waals surface area contributed by atoms with Crippen LogP contribution in [0.3, 0.4) is 0 Å². The van der Waals surface area contributed by atoms with E-state index in [-0.39, 0.29) is 52.3 Å². The number of nitrogens with one attached hydrogen (secondary N) is 1. The molecule has 0 spiro atoms. The fourth-order valence-corrected chi connectivity index (χ4v) is 12.9. The van der Waals surface area contributed by atoms with Gasteiger partial charge in [0.15, 0.2) is 5.78 Å². The van der Waals surface area contributed by atoms with Gasteiger partial charge in [-0.2, -0.15) is 0 Å². The van der Waals surface area contributed by atoms with Crippen molar-refractivity contribution >= 4 is 29.3 Å². The number of fused-ring (bicyclic) bond motifs is 7. The summed E-state index contributed by atoms with van der Waals surface area (Å²) in [6, 6.07) is 7.79. The van der Waals surface area contributed by atoms with Crippen LogP contribution in [0.2, 0.25) is 5.02 Å². The first kappa shape index (κ1) is 38.5. The molecule has 0 aliphatic heterocycles. The highest BCUT2D eigenvalue weighted by molar-refractivity contribution is 6.30. The predicted octanol–water partition coefficient (Wildman–Crippen LogP) is 8.79. The maximum absolute atomic E-state index is 14.0. The van der Waals surface area contributed by atoms with Gasteiger partial charge in [0, 0.05) is 29.9 Å². The lowest BCUT2D eigenvalue weighted by Gasteiger charge is -2.71. The van der Waals surface area contributed by atoms with Crippen LogP contribution in [0.15, 0.2) is 35.4 Å². The highest BCUT2D eigenvalue weighted by Gasteiger charge is 2.69. The second-order valence-electron chi connectivity index (χ2n) is 19.0. The van der Waals surface area contributed by atoms with Gasteiger partial charge in [0.1, 0.15) is 6.10 Å². The van der Waals surface area contributed by atoms with Crippen molar-refractivity contribution in [1.29, 1.82) is 0 Å². The second kappa shape index (κ2) is 13.6. The predicted molar refractivity (Wildman–Crippen MR) is 200 cm³/mol. The van der Waals surface area contributed by atoms with Crippen LogP contribution >= 0.6 is 11.6 Å². The third-order valence-corrected chi connectivity index (χ3v) is 15.9. The number of hydrogen-bond donors (Lipinski definition) is 3. The topological polar surface area (TPSA) is 113 Å². The number of ether oxygens (including phenoxy) is 1. The number of aliphatic hydroxyl groups is 1. The average Bonchev–Trinajstić information content (AvgIpc) is 3.36. The van der Waals surface area contributed by atoms with Gasteiger partial charge in [-0.3, -0.25) is 14.4 Å². The molecule has 3 N–H and O–H groups in total. The summed E-state index contributed by atoms with van der Waals surface area (Å²) in [5.74, 6) is 0.326. The monoisotopic (exact) mass is 723 g/mol. The van der Waals surface area contributed by atoms with Crippen molar-refractivity contribution in [1.82, 2.24) is 5.32 Å². The molecule has 10 atom stereocenters. The number of halogens is 1. The van der Waals surface area contributed by atoms with E-state index in [0.717, 1.165) is 62.5 Å². The van der Waals surface area contributed by atoms with E-state index >= 15 is 0 Å². The molecule has 0 radical (unpaired) electrons. The molecule has 7 nitrogen and oxygen atoms in total. The molecular weight excluding hydrogens is 662 g/mol. The van der Waals surface area contributed by atoms with Crippen LogP contribution in [-0.4, -0.2) is 46.7 Å². The van der Waals surface area contributed by atoms with Crippen molar-refractivity contribution in [2.24, 2.45) is 56.7 Å². The molecule has 8 heteroatoms. The first-order valence-electron chi connectivity index (χ1n) is 19.6. The Bertz CT molecular complexity index is 1590. The molecule has 5 aliphatic carbocycles. The van der Waals surface area contributed by atoms with Gasteiger partial charge in [-0.15, -0.1) is 0 Å². The number of hydrogen-bond acceptors (Lipinski definition) is 6. The lowest BCUT2D eigenvalue weighted by Crippen LogP contribution is -2.65. The van der Waals surface area contributed by atoms with Crippen LogP contribution in [0.25, 0.3) is 0 Å². The van der Waals surface area contributed by atoms with Gasteiger partial charge >= 0.3 is 11.9 Å². The third-order valence-electron chi connectivity index (χ3n) is 15.7. The van der Waals surface area contributed by atoms with Crippen LogP contribution in [0.5, 0.6) is 0 Å². The molecule has 282 valence electrons. The number of Topliss-reactive ketones (excluding diaryl/α,β-unsaturated/α-hetero) is 1. The molecule has 0 heterocycles. The smallest absolute Gasteiger partial charge is 0.309 e. The summed E-state index contributed by atoms with van der Waals surface area (Å²) in [5, 5.41) is 25.9. The van der Waals surface area contributed by atoms with E-state index in [1.165, 1.54) is 5.57 Å². The van der Waals surface area contributed by atoms with Gasteiger partial charge in [-0.1, -0.05) is 70.8 Å². The fraction of sp³-hybridized carbons (Fsp3) is 0.744. The molecule has 0 saturated heterocycles. The van der Waals surface area contributed by atoms with Gasteiger partial charge in [-0.25, -0.2) is 0 Å². The Morgan fingerprint density at radius 1 is 1.04 bits per heavy atom. The maximum atomic E-state index is 14.0. The number of aliphatic hydroxyl groups excluding tert-OH is 1. The number of aliphatic carboxylic acids is 1. The zero-order valence-electron chi connectivity index (χ0n) is 32.2. The van der Waals surface area contributed by atoms with Gasteiger partial charge in [0.25, 0.3) is 0 Å². The molecule has 9 unspecified atom stereocenters. The Morgan fingerprint density at radius 3 is 2.43 bits per heavy atom. The molecule has 1 aromatic rings. The quantitative estimate of drug-likeness (QED) is 0.207.